The van der Waals surface area contributed by atoms with Gasteiger partial charge in [-0.2, -0.15) is 5.26 Å². The van der Waals surface area contributed by atoms with Crippen molar-refractivity contribution in [3.05, 3.63) is 27.1 Å². The van der Waals surface area contributed by atoms with Gasteiger partial charge in [0.1, 0.15) is 11.1 Å². The molecule has 2 rings (SSSR count). The summed E-state index contributed by atoms with van der Waals surface area (Å²) in [5.74, 6) is -2.95. The fourth-order valence-electron chi connectivity index (χ4n) is 2.46. The number of carboxylic acids is 1. The zero-order valence-corrected chi connectivity index (χ0v) is 13.7. The van der Waals surface area contributed by atoms with Crippen molar-refractivity contribution in [2.45, 2.75) is 26.7 Å². The van der Waals surface area contributed by atoms with E-state index in [4.69, 9.17) is 11.6 Å². The molecule has 22 heavy (non-hydrogen) atoms. The predicted octanol–water partition coefficient (Wildman–Crippen LogP) is 3.41. The first-order valence-corrected chi connectivity index (χ1v) is 7.92. The Kier molecular flexibility index (Phi) is 4.89. The number of carbonyl (C=O) groups excluding carboxylic acids is 1. The molecule has 0 radical (unpaired) electrons. The summed E-state index contributed by atoms with van der Waals surface area (Å²) >= 11 is 7.27. The average molecular weight is 339 g/mol. The van der Waals surface area contributed by atoms with Crippen LogP contribution in [0.4, 0.5) is 5.00 Å². The second-order valence-corrected chi connectivity index (χ2v) is 6.94. The van der Waals surface area contributed by atoms with Crippen LogP contribution < -0.4 is 5.32 Å². The van der Waals surface area contributed by atoms with Crippen molar-refractivity contribution < 1.29 is 14.7 Å². The van der Waals surface area contributed by atoms with E-state index >= 15 is 0 Å². The van der Waals surface area contributed by atoms with Crippen molar-refractivity contribution in [1.29, 1.82) is 5.26 Å². The number of aliphatic carboxylic acids is 1. The van der Waals surface area contributed by atoms with Crippen molar-refractivity contribution >= 4 is 39.8 Å². The van der Waals surface area contributed by atoms with Gasteiger partial charge < -0.3 is 10.4 Å². The lowest BCUT2D eigenvalue weighted by atomic mass is 9.82. The van der Waals surface area contributed by atoms with Gasteiger partial charge in [0.15, 0.2) is 0 Å². The molecule has 0 bridgehead atoms. The smallest absolute Gasteiger partial charge is 0.307 e. The molecule has 1 amide bonds. The molecule has 7 heteroatoms. The van der Waals surface area contributed by atoms with Crippen molar-refractivity contribution in [3.8, 4) is 6.07 Å². The number of nitrogens with one attached hydrogen (secondary N) is 1. The monoisotopic (exact) mass is 338 g/mol. The summed E-state index contributed by atoms with van der Waals surface area (Å²) in [6.45, 7) is 3.69. The van der Waals surface area contributed by atoms with Gasteiger partial charge in [0.25, 0.3) is 0 Å². The van der Waals surface area contributed by atoms with Gasteiger partial charge in [0.05, 0.1) is 17.4 Å². The lowest BCUT2D eigenvalue weighted by Gasteiger charge is -2.25. The standard InChI is InChI=1S/C15H15ClN2O3S/c1-7-8(2)22-14(12(7)6-17)18-13(19)11-5-9(16)3-4-10(11)15(20)21/h3,10-11H,4-5H2,1-2H3,(H,18,19)(H,20,21)/t10-,11+/m1/s1. The lowest BCUT2D eigenvalue weighted by Crippen LogP contribution is -2.35. The highest BCUT2D eigenvalue weighted by Crippen LogP contribution is 2.35. The van der Waals surface area contributed by atoms with E-state index in [-0.39, 0.29) is 12.8 Å². The van der Waals surface area contributed by atoms with E-state index in [1.54, 1.807) is 6.08 Å². The minimum absolute atomic E-state index is 0.204. The Morgan fingerprint density at radius 3 is 2.73 bits per heavy atom. The molecule has 0 aliphatic heterocycles. The highest BCUT2D eigenvalue weighted by molar-refractivity contribution is 7.16. The Labute approximate surface area is 137 Å². The summed E-state index contributed by atoms with van der Waals surface area (Å²) in [7, 11) is 0. The minimum Gasteiger partial charge on any atom is -0.481 e. The maximum absolute atomic E-state index is 12.5. The SMILES string of the molecule is Cc1sc(NC(=O)[C@H]2CC(Cl)=CC[C@H]2C(=O)O)c(C#N)c1C. The van der Waals surface area contributed by atoms with Gasteiger partial charge in [-0.25, -0.2) is 0 Å². The summed E-state index contributed by atoms with van der Waals surface area (Å²) in [4.78, 5) is 24.7. The Morgan fingerprint density at radius 2 is 2.14 bits per heavy atom. The van der Waals surface area contributed by atoms with Crippen LogP contribution in [0.2, 0.25) is 0 Å². The quantitative estimate of drug-likeness (QED) is 0.883. The third-order valence-electron chi connectivity index (χ3n) is 3.88. The van der Waals surface area contributed by atoms with E-state index in [0.717, 1.165) is 10.4 Å². The van der Waals surface area contributed by atoms with E-state index in [1.807, 2.05) is 13.8 Å². The van der Waals surface area contributed by atoms with E-state index in [1.165, 1.54) is 11.3 Å². The lowest BCUT2D eigenvalue weighted by molar-refractivity contribution is -0.146. The molecule has 1 aliphatic carbocycles. The first-order valence-electron chi connectivity index (χ1n) is 6.73. The summed E-state index contributed by atoms with van der Waals surface area (Å²) in [5.41, 5.74) is 1.26. The fraction of sp³-hybridized carbons (Fsp3) is 0.400. The van der Waals surface area contributed by atoms with Gasteiger partial charge in [0.2, 0.25) is 5.91 Å². The number of hydrogen-bond acceptors (Lipinski definition) is 4. The van der Waals surface area contributed by atoms with Crippen LogP contribution in [0.1, 0.15) is 28.8 Å². The maximum atomic E-state index is 12.5. The van der Waals surface area contributed by atoms with Crippen LogP contribution in [-0.4, -0.2) is 17.0 Å². The number of amides is 1. The van der Waals surface area contributed by atoms with Gasteiger partial charge >= 0.3 is 5.97 Å². The summed E-state index contributed by atoms with van der Waals surface area (Å²) in [5, 5.41) is 22.1. The third-order valence-corrected chi connectivity index (χ3v) is 5.31. The number of carboxylic acid groups (broad SMARTS) is 1. The molecule has 1 heterocycles. The number of thiophene rings is 1. The summed E-state index contributed by atoms with van der Waals surface area (Å²) < 4.78 is 0. The van der Waals surface area contributed by atoms with Crippen LogP contribution in [0.15, 0.2) is 11.1 Å². The van der Waals surface area contributed by atoms with Crippen LogP contribution >= 0.6 is 22.9 Å². The Bertz CT molecular complexity index is 702. The highest BCUT2D eigenvalue weighted by Gasteiger charge is 2.36. The number of anilines is 1. The normalized spacial score (nSPS) is 20.9. The molecule has 0 saturated heterocycles. The number of nitrogens with zero attached hydrogens (tertiary/aromatic N) is 1. The van der Waals surface area contributed by atoms with Crippen LogP contribution in [0.3, 0.4) is 0 Å². The van der Waals surface area contributed by atoms with Crippen molar-refractivity contribution in [2.75, 3.05) is 5.32 Å². The minimum atomic E-state index is -1.01. The van der Waals surface area contributed by atoms with Gasteiger partial charge in [-0.05, 0) is 32.3 Å². The second-order valence-electron chi connectivity index (χ2n) is 5.23. The Balaban J connectivity index is 2.25. The predicted molar refractivity (Wildman–Crippen MR) is 84.9 cm³/mol. The molecule has 2 atom stereocenters. The largest absolute Gasteiger partial charge is 0.481 e. The first-order chi connectivity index (χ1) is 10.3. The molecule has 5 nitrogen and oxygen atoms in total. The summed E-state index contributed by atoms with van der Waals surface area (Å²) in [6.07, 6.45) is 2.08. The number of rotatable bonds is 3. The summed E-state index contributed by atoms with van der Waals surface area (Å²) in [6, 6.07) is 2.08. The van der Waals surface area contributed by atoms with Crippen molar-refractivity contribution in [1.82, 2.24) is 0 Å². The molecule has 1 aromatic heterocycles. The molecular formula is C15H15ClN2O3S. The molecule has 0 aromatic carbocycles. The average Bonchev–Trinajstić information content (AvgIpc) is 2.72. The van der Waals surface area contributed by atoms with Crippen LogP contribution in [-0.2, 0) is 9.59 Å². The van der Waals surface area contributed by atoms with Crippen molar-refractivity contribution in [2.24, 2.45) is 11.8 Å². The van der Waals surface area contributed by atoms with Crippen molar-refractivity contribution in [3.63, 3.8) is 0 Å². The number of carbonyl (C=O) groups is 2. The van der Waals surface area contributed by atoms with E-state index < -0.39 is 23.7 Å². The number of hydrogen-bond donors (Lipinski definition) is 2. The fourth-order valence-corrected chi connectivity index (χ4v) is 3.73. The number of nitriles is 1. The first kappa shape index (κ1) is 16.5. The molecule has 0 unspecified atom stereocenters. The topological polar surface area (TPSA) is 90.2 Å². The van der Waals surface area contributed by atoms with Gasteiger partial charge in [-0.15, -0.1) is 11.3 Å². The van der Waals surface area contributed by atoms with Gasteiger partial charge in [-0.3, -0.25) is 9.59 Å². The second kappa shape index (κ2) is 6.51. The van der Waals surface area contributed by atoms with Gasteiger partial charge in [-0.1, -0.05) is 17.7 Å². The third kappa shape index (κ3) is 3.16. The molecule has 1 aliphatic rings. The van der Waals surface area contributed by atoms with E-state index in [0.29, 0.717) is 15.6 Å². The molecule has 0 spiro atoms. The maximum Gasteiger partial charge on any atom is 0.307 e. The van der Waals surface area contributed by atoms with Crippen LogP contribution in [0.5, 0.6) is 0 Å². The zero-order valence-electron chi connectivity index (χ0n) is 12.1. The molecule has 0 fully saturated rings. The molecule has 1 aromatic rings. The molecule has 116 valence electrons. The number of halogens is 1. The Hall–Kier alpha value is -1.84. The molecule has 2 N–H and O–H groups in total. The zero-order chi connectivity index (χ0) is 16.4. The number of aryl methyl sites for hydroxylation is 1. The van der Waals surface area contributed by atoms with E-state index in [2.05, 4.69) is 11.4 Å². The van der Waals surface area contributed by atoms with Crippen LogP contribution in [0.25, 0.3) is 0 Å². The molecular weight excluding hydrogens is 324 g/mol. The molecule has 0 saturated carbocycles. The van der Waals surface area contributed by atoms with Crippen LogP contribution in [0, 0.1) is 37.0 Å². The number of allylic oxidation sites excluding steroid dienone is 2. The van der Waals surface area contributed by atoms with E-state index in [9.17, 15) is 20.0 Å². The van der Waals surface area contributed by atoms with Gasteiger partial charge in [0, 0.05) is 9.91 Å². The Morgan fingerprint density at radius 1 is 1.45 bits per heavy atom. The highest BCUT2D eigenvalue weighted by atomic mass is 35.5.